The van der Waals surface area contributed by atoms with Crippen LogP contribution in [0.1, 0.15) is 19.3 Å². The number of amides is 2. The molecule has 0 bridgehead atoms. The first-order chi connectivity index (χ1) is 9.56. The van der Waals surface area contributed by atoms with Crippen LogP contribution < -0.4 is 10.2 Å². The Hall–Kier alpha value is -2.24. The van der Waals surface area contributed by atoms with E-state index in [4.69, 9.17) is 5.11 Å². The monoisotopic (exact) mass is 278 g/mol. The number of carbonyl (C=O) groups is 2. The molecule has 1 aromatic carbocycles. The molecule has 20 heavy (non-hydrogen) atoms. The Bertz CT molecular complexity index is 482. The quantitative estimate of drug-likeness (QED) is 0.766. The van der Waals surface area contributed by atoms with Crippen LogP contribution in [0.15, 0.2) is 24.3 Å². The van der Waals surface area contributed by atoms with Crippen molar-refractivity contribution in [2.75, 3.05) is 18.0 Å². The summed E-state index contributed by atoms with van der Waals surface area (Å²) in [4.78, 5) is 24.1. The van der Waals surface area contributed by atoms with Crippen molar-refractivity contribution in [1.82, 2.24) is 5.32 Å². The molecular weight excluding hydrogens is 260 g/mol. The van der Waals surface area contributed by atoms with Crippen molar-refractivity contribution in [3.05, 3.63) is 24.3 Å². The van der Waals surface area contributed by atoms with Gasteiger partial charge in [-0.15, -0.1) is 0 Å². The summed E-state index contributed by atoms with van der Waals surface area (Å²) in [6.07, 6.45) is 3.41. The van der Waals surface area contributed by atoms with Crippen molar-refractivity contribution < 1.29 is 19.8 Å². The van der Waals surface area contributed by atoms with Crippen LogP contribution in [0.3, 0.4) is 0 Å². The lowest BCUT2D eigenvalue weighted by molar-refractivity contribution is -0.135. The van der Waals surface area contributed by atoms with Crippen LogP contribution >= 0.6 is 0 Å². The molecule has 0 aromatic heterocycles. The molecule has 2 rings (SSSR count). The van der Waals surface area contributed by atoms with Crippen molar-refractivity contribution in [1.29, 1.82) is 0 Å². The zero-order valence-electron chi connectivity index (χ0n) is 11.1. The smallest absolute Gasteiger partial charge is 0.323 e. The van der Waals surface area contributed by atoms with E-state index in [1.807, 2.05) is 0 Å². The molecule has 0 aliphatic heterocycles. The average molecular weight is 278 g/mol. The number of nitrogens with zero attached hydrogens (tertiary/aromatic N) is 1. The number of rotatable bonds is 5. The van der Waals surface area contributed by atoms with E-state index < -0.39 is 18.5 Å². The van der Waals surface area contributed by atoms with E-state index in [2.05, 4.69) is 5.32 Å². The van der Waals surface area contributed by atoms with Crippen LogP contribution in [0.25, 0.3) is 0 Å². The van der Waals surface area contributed by atoms with Crippen LogP contribution in [0.2, 0.25) is 0 Å². The van der Waals surface area contributed by atoms with Crippen molar-refractivity contribution in [3.8, 4) is 5.75 Å². The number of nitrogens with one attached hydrogen (secondary N) is 1. The second-order valence-electron chi connectivity index (χ2n) is 4.98. The van der Waals surface area contributed by atoms with Crippen molar-refractivity contribution >= 4 is 17.7 Å². The molecule has 0 heterocycles. The molecule has 1 aliphatic carbocycles. The van der Waals surface area contributed by atoms with Gasteiger partial charge in [-0.05, 0) is 43.0 Å². The van der Waals surface area contributed by atoms with E-state index in [-0.39, 0.29) is 5.75 Å². The average Bonchev–Trinajstić information content (AvgIpc) is 2.35. The van der Waals surface area contributed by atoms with Gasteiger partial charge in [0, 0.05) is 12.2 Å². The number of phenols is 1. The second-order valence-corrected chi connectivity index (χ2v) is 4.98. The van der Waals surface area contributed by atoms with Gasteiger partial charge in [0.05, 0.1) is 0 Å². The zero-order valence-corrected chi connectivity index (χ0v) is 11.1. The van der Waals surface area contributed by atoms with Gasteiger partial charge >= 0.3 is 12.0 Å². The molecule has 0 atom stereocenters. The molecule has 0 unspecified atom stereocenters. The lowest BCUT2D eigenvalue weighted by Gasteiger charge is -2.27. The first-order valence-electron chi connectivity index (χ1n) is 6.62. The van der Waals surface area contributed by atoms with Gasteiger partial charge in [0.25, 0.3) is 0 Å². The molecule has 1 aromatic rings. The molecule has 0 saturated heterocycles. The Morgan fingerprint density at radius 2 is 1.90 bits per heavy atom. The Kier molecular flexibility index (Phi) is 4.45. The highest BCUT2D eigenvalue weighted by molar-refractivity contribution is 5.96. The SMILES string of the molecule is O=C(O)CN(C(=O)NCC1CCC1)c1ccc(O)cc1. The fraction of sp³-hybridized carbons (Fsp3) is 0.429. The van der Waals surface area contributed by atoms with Gasteiger partial charge in [0.2, 0.25) is 0 Å². The van der Waals surface area contributed by atoms with Crippen LogP contribution in [-0.4, -0.2) is 35.3 Å². The fourth-order valence-corrected chi connectivity index (χ4v) is 2.07. The summed E-state index contributed by atoms with van der Waals surface area (Å²) < 4.78 is 0. The molecule has 0 radical (unpaired) electrons. The highest BCUT2D eigenvalue weighted by atomic mass is 16.4. The minimum Gasteiger partial charge on any atom is -0.508 e. The molecule has 1 aliphatic rings. The molecule has 108 valence electrons. The minimum atomic E-state index is -1.09. The van der Waals surface area contributed by atoms with Crippen molar-refractivity contribution in [2.24, 2.45) is 5.92 Å². The summed E-state index contributed by atoms with van der Waals surface area (Å²) in [6.45, 7) is 0.161. The van der Waals surface area contributed by atoms with Crippen LogP contribution in [0.4, 0.5) is 10.5 Å². The normalized spacial score (nSPS) is 14.4. The molecule has 1 fully saturated rings. The van der Waals surface area contributed by atoms with E-state index in [0.29, 0.717) is 18.2 Å². The van der Waals surface area contributed by atoms with E-state index in [0.717, 1.165) is 17.7 Å². The summed E-state index contributed by atoms with van der Waals surface area (Å²) in [5.74, 6) is -0.513. The maximum Gasteiger partial charge on any atom is 0.323 e. The number of aliphatic carboxylic acids is 1. The predicted molar refractivity (Wildman–Crippen MR) is 73.8 cm³/mol. The maximum atomic E-state index is 12.1. The first kappa shape index (κ1) is 14.2. The van der Waals surface area contributed by atoms with Gasteiger partial charge in [-0.25, -0.2) is 4.79 Å². The minimum absolute atomic E-state index is 0.0684. The molecular formula is C14H18N2O4. The maximum absolute atomic E-state index is 12.1. The van der Waals surface area contributed by atoms with Gasteiger partial charge in [-0.3, -0.25) is 9.69 Å². The zero-order chi connectivity index (χ0) is 14.5. The number of carbonyl (C=O) groups excluding carboxylic acids is 1. The lowest BCUT2D eigenvalue weighted by Crippen LogP contribution is -2.45. The number of anilines is 1. The summed E-state index contributed by atoms with van der Waals surface area (Å²) in [5.41, 5.74) is 0.441. The number of carboxylic acid groups (broad SMARTS) is 1. The highest BCUT2D eigenvalue weighted by Gasteiger charge is 2.22. The summed E-state index contributed by atoms with van der Waals surface area (Å²) in [7, 11) is 0. The van der Waals surface area contributed by atoms with E-state index in [1.165, 1.54) is 30.7 Å². The van der Waals surface area contributed by atoms with Crippen LogP contribution in [0, 0.1) is 5.92 Å². The van der Waals surface area contributed by atoms with Gasteiger partial charge in [-0.1, -0.05) is 6.42 Å². The Balaban J connectivity index is 2.03. The highest BCUT2D eigenvalue weighted by Crippen LogP contribution is 2.25. The van der Waals surface area contributed by atoms with E-state index in [1.54, 1.807) is 0 Å². The van der Waals surface area contributed by atoms with Crippen LogP contribution in [-0.2, 0) is 4.79 Å². The number of phenolic OH excluding ortho intramolecular Hbond substituents is 1. The predicted octanol–water partition coefficient (Wildman–Crippen LogP) is 1.79. The summed E-state index contributed by atoms with van der Waals surface area (Å²) >= 11 is 0. The largest absolute Gasteiger partial charge is 0.508 e. The van der Waals surface area contributed by atoms with Crippen molar-refractivity contribution in [2.45, 2.75) is 19.3 Å². The third kappa shape index (κ3) is 3.63. The number of hydrogen-bond donors (Lipinski definition) is 3. The van der Waals surface area contributed by atoms with Gasteiger partial charge in [0.1, 0.15) is 12.3 Å². The lowest BCUT2D eigenvalue weighted by atomic mass is 9.85. The molecule has 6 nitrogen and oxygen atoms in total. The Labute approximate surface area is 117 Å². The first-order valence-corrected chi connectivity index (χ1v) is 6.62. The number of hydrogen-bond acceptors (Lipinski definition) is 3. The number of carboxylic acids is 1. The van der Waals surface area contributed by atoms with Gasteiger partial charge < -0.3 is 15.5 Å². The third-order valence-corrected chi connectivity index (χ3v) is 3.47. The number of benzene rings is 1. The third-order valence-electron chi connectivity index (χ3n) is 3.47. The Morgan fingerprint density at radius 3 is 2.40 bits per heavy atom. The van der Waals surface area contributed by atoms with Crippen LogP contribution in [0.5, 0.6) is 5.75 Å². The topological polar surface area (TPSA) is 89.9 Å². The molecule has 3 N–H and O–H groups in total. The Morgan fingerprint density at radius 1 is 1.25 bits per heavy atom. The summed E-state index contributed by atoms with van der Waals surface area (Å²) in [5, 5.41) is 20.9. The molecule has 6 heteroatoms. The molecule has 0 spiro atoms. The van der Waals surface area contributed by atoms with Crippen molar-refractivity contribution in [3.63, 3.8) is 0 Å². The fourth-order valence-electron chi connectivity index (χ4n) is 2.07. The standard InChI is InChI=1S/C14H18N2O4/c17-12-6-4-11(5-7-12)16(9-13(18)19)14(20)15-8-10-2-1-3-10/h4-7,10,17H,1-3,8-9H2,(H,15,20)(H,18,19). The van der Waals surface area contributed by atoms with Gasteiger partial charge in [-0.2, -0.15) is 0 Å². The molecule has 2 amide bonds. The van der Waals surface area contributed by atoms with E-state index >= 15 is 0 Å². The molecule has 1 saturated carbocycles. The second kappa shape index (κ2) is 6.27. The summed E-state index contributed by atoms with van der Waals surface area (Å²) in [6, 6.07) is 5.44. The van der Waals surface area contributed by atoms with Gasteiger partial charge in [0.15, 0.2) is 0 Å². The number of urea groups is 1. The van der Waals surface area contributed by atoms with E-state index in [9.17, 15) is 14.7 Å². The number of aromatic hydroxyl groups is 1.